The van der Waals surface area contributed by atoms with Crippen LogP contribution in [0.4, 0.5) is 5.69 Å². The average molecular weight is 418 g/mol. The van der Waals surface area contributed by atoms with Gasteiger partial charge in [0.05, 0.1) is 17.2 Å². The Bertz CT molecular complexity index is 799. The van der Waals surface area contributed by atoms with E-state index in [-0.39, 0.29) is 12.2 Å². The molecule has 25 heavy (non-hydrogen) atoms. The first-order chi connectivity index (χ1) is 11.9. The zero-order valence-electron chi connectivity index (χ0n) is 13.2. The molecule has 0 saturated carbocycles. The van der Waals surface area contributed by atoms with E-state index >= 15 is 0 Å². The van der Waals surface area contributed by atoms with E-state index < -0.39 is 5.97 Å². The van der Waals surface area contributed by atoms with Crippen LogP contribution in [0.2, 0.25) is 15.1 Å². The minimum Gasteiger partial charge on any atom is -0.462 e. The smallest absolute Gasteiger partial charge is 0.339 e. The van der Waals surface area contributed by atoms with Crippen LogP contribution in [0.15, 0.2) is 36.4 Å². The first-order valence-electron chi connectivity index (χ1n) is 7.36. The van der Waals surface area contributed by atoms with Crippen molar-refractivity contribution in [2.24, 2.45) is 0 Å². The lowest BCUT2D eigenvalue weighted by atomic mass is 10.2. The lowest BCUT2D eigenvalue weighted by molar-refractivity contribution is 0.0526. The summed E-state index contributed by atoms with van der Waals surface area (Å²) in [5.41, 5.74) is 1.75. The molecule has 0 aliphatic rings. The Kier molecular flexibility index (Phi) is 7.32. The molecular weight excluding hydrogens is 403 g/mol. The lowest BCUT2D eigenvalue weighted by Gasteiger charge is -2.13. The van der Waals surface area contributed by atoms with Gasteiger partial charge in [0, 0.05) is 22.3 Å². The van der Waals surface area contributed by atoms with Gasteiger partial charge in [-0.3, -0.25) is 0 Å². The molecule has 8 heteroatoms. The Balaban J connectivity index is 2.00. The highest BCUT2D eigenvalue weighted by Crippen LogP contribution is 2.22. The van der Waals surface area contributed by atoms with Gasteiger partial charge in [-0.2, -0.15) is 0 Å². The number of rotatable bonds is 5. The van der Waals surface area contributed by atoms with E-state index in [0.717, 1.165) is 5.56 Å². The van der Waals surface area contributed by atoms with Crippen molar-refractivity contribution < 1.29 is 9.53 Å². The largest absolute Gasteiger partial charge is 0.462 e. The van der Waals surface area contributed by atoms with Crippen LogP contribution in [-0.2, 0) is 11.3 Å². The molecule has 2 aromatic rings. The molecule has 0 aliphatic carbocycles. The number of nitrogens with one attached hydrogen (secondary N) is 2. The van der Waals surface area contributed by atoms with Crippen molar-refractivity contribution in [3.8, 4) is 0 Å². The summed E-state index contributed by atoms with van der Waals surface area (Å²) in [6.45, 7) is 2.43. The number of hydrogen-bond donors (Lipinski definition) is 2. The molecule has 2 aromatic carbocycles. The van der Waals surface area contributed by atoms with Crippen molar-refractivity contribution in [3.05, 3.63) is 62.6 Å². The predicted octanol–water partition coefficient (Wildman–Crippen LogP) is 5.31. The number of benzene rings is 2. The summed E-state index contributed by atoms with van der Waals surface area (Å²) < 4.78 is 4.97. The highest BCUT2D eigenvalue weighted by molar-refractivity contribution is 7.80. The summed E-state index contributed by atoms with van der Waals surface area (Å²) >= 11 is 23.3. The molecule has 0 heterocycles. The number of thiocarbonyl (C=S) groups is 1. The fraction of sp³-hybridized carbons (Fsp3) is 0.176. The minimum atomic E-state index is -0.483. The average Bonchev–Trinajstić information content (AvgIpc) is 2.56. The lowest BCUT2D eigenvalue weighted by Crippen LogP contribution is -2.28. The van der Waals surface area contributed by atoms with Crippen molar-refractivity contribution in [2.75, 3.05) is 11.9 Å². The normalized spacial score (nSPS) is 10.2. The van der Waals surface area contributed by atoms with Crippen LogP contribution in [0.5, 0.6) is 0 Å². The van der Waals surface area contributed by atoms with Crippen LogP contribution < -0.4 is 10.6 Å². The third kappa shape index (κ3) is 5.75. The summed E-state index contributed by atoms with van der Waals surface area (Å²) in [6.07, 6.45) is 0. The predicted molar refractivity (Wildman–Crippen MR) is 107 cm³/mol. The minimum absolute atomic E-state index is 0.272. The molecule has 0 saturated heterocycles. The van der Waals surface area contributed by atoms with E-state index in [1.165, 1.54) is 0 Å². The molecule has 2 rings (SSSR count). The van der Waals surface area contributed by atoms with Gasteiger partial charge in [0.2, 0.25) is 0 Å². The summed E-state index contributed by atoms with van der Waals surface area (Å²) in [7, 11) is 0. The molecule has 0 radical (unpaired) electrons. The van der Waals surface area contributed by atoms with Crippen LogP contribution in [0.25, 0.3) is 0 Å². The third-order valence-corrected chi connectivity index (χ3v) is 4.34. The van der Waals surface area contributed by atoms with Gasteiger partial charge >= 0.3 is 5.97 Å². The van der Waals surface area contributed by atoms with Crippen molar-refractivity contribution in [3.63, 3.8) is 0 Å². The SMILES string of the molecule is CCOC(=O)c1cc(NC(=S)NCc2ccc(Cl)cc2Cl)ccc1Cl. The maximum atomic E-state index is 11.9. The molecule has 0 atom stereocenters. The van der Waals surface area contributed by atoms with Crippen LogP contribution in [-0.4, -0.2) is 17.7 Å². The molecule has 4 nitrogen and oxygen atoms in total. The Morgan fingerprint density at radius 2 is 1.88 bits per heavy atom. The number of hydrogen-bond acceptors (Lipinski definition) is 3. The number of ether oxygens (including phenoxy) is 1. The fourth-order valence-corrected chi connectivity index (χ4v) is 2.84. The van der Waals surface area contributed by atoms with Crippen molar-refractivity contribution in [2.45, 2.75) is 13.5 Å². The van der Waals surface area contributed by atoms with Gasteiger partial charge in [0.1, 0.15) is 0 Å². The van der Waals surface area contributed by atoms with Crippen LogP contribution >= 0.6 is 47.0 Å². The summed E-state index contributed by atoms with van der Waals surface area (Å²) in [6, 6.07) is 10.2. The summed E-state index contributed by atoms with van der Waals surface area (Å²) in [5.74, 6) is -0.483. The number of halogens is 3. The quantitative estimate of drug-likeness (QED) is 0.510. The van der Waals surface area contributed by atoms with E-state index in [2.05, 4.69) is 10.6 Å². The number of anilines is 1. The Morgan fingerprint density at radius 1 is 1.12 bits per heavy atom. The summed E-state index contributed by atoms with van der Waals surface area (Å²) in [5, 5.41) is 7.85. The highest BCUT2D eigenvalue weighted by Gasteiger charge is 2.12. The van der Waals surface area contributed by atoms with E-state index in [9.17, 15) is 4.79 Å². The third-order valence-electron chi connectivity index (χ3n) is 3.17. The van der Waals surface area contributed by atoms with E-state index in [4.69, 9.17) is 51.8 Å². The summed E-state index contributed by atoms with van der Waals surface area (Å²) in [4.78, 5) is 11.9. The van der Waals surface area contributed by atoms with Gasteiger partial charge in [-0.25, -0.2) is 4.79 Å². The van der Waals surface area contributed by atoms with Gasteiger partial charge in [0.15, 0.2) is 5.11 Å². The molecule has 0 unspecified atom stereocenters. The topological polar surface area (TPSA) is 50.4 Å². The first-order valence-corrected chi connectivity index (χ1v) is 8.90. The van der Waals surface area contributed by atoms with Gasteiger partial charge < -0.3 is 15.4 Å². The molecule has 132 valence electrons. The van der Waals surface area contributed by atoms with Crippen molar-refractivity contribution in [1.82, 2.24) is 5.32 Å². The Labute approximate surface area is 166 Å². The van der Waals surface area contributed by atoms with Gasteiger partial charge in [-0.15, -0.1) is 0 Å². The maximum Gasteiger partial charge on any atom is 0.339 e. The number of esters is 1. The van der Waals surface area contributed by atoms with Crippen LogP contribution in [0, 0.1) is 0 Å². The molecule has 2 N–H and O–H groups in total. The van der Waals surface area contributed by atoms with E-state index in [1.807, 2.05) is 6.07 Å². The van der Waals surface area contributed by atoms with Crippen molar-refractivity contribution >= 4 is 63.8 Å². The second kappa shape index (κ2) is 9.25. The fourth-order valence-electron chi connectivity index (χ4n) is 1.98. The monoisotopic (exact) mass is 416 g/mol. The highest BCUT2D eigenvalue weighted by atomic mass is 35.5. The second-order valence-electron chi connectivity index (χ2n) is 4.96. The molecule has 0 bridgehead atoms. The molecular formula is C17H15Cl3N2O2S. The van der Waals surface area contributed by atoms with Crippen LogP contribution in [0.3, 0.4) is 0 Å². The van der Waals surface area contributed by atoms with Gasteiger partial charge in [-0.1, -0.05) is 40.9 Å². The van der Waals surface area contributed by atoms with E-state index in [0.29, 0.717) is 32.4 Å². The second-order valence-corrected chi connectivity index (χ2v) is 6.62. The van der Waals surface area contributed by atoms with Crippen LogP contribution in [0.1, 0.15) is 22.8 Å². The van der Waals surface area contributed by atoms with Gasteiger partial charge in [-0.05, 0) is 55.0 Å². The Morgan fingerprint density at radius 3 is 2.56 bits per heavy atom. The first kappa shape index (κ1) is 19.8. The van der Waals surface area contributed by atoms with Crippen molar-refractivity contribution in [1.29, 1.82) is 0 Å². The Hall–Kier alpha value is -1.53. The molecule has 0 amide bonds. The standard InChI is InChI=1S/C17H15Cl3N2O2S/c1-2-24-16(23)13-8-12(5-6-14(13)19)22-17(25)21-9-10-3-4-11(18)7-15(10)20/h3-8H,2,9H2,1H3,(H2,21,22,25). The zero-order valence-corrected chi connectivity index (χ0v) is 16.3. The molecule has 0 fully saturated rings. The molecule has 0 aromatic heterocycles. The zero-order chi connectivity index (χ0) is 18.4. The molecule has 0 spiro atoms. The number of carbonyl (C=O) groups is 1. The van der Waals surface area contributed by atoms with E-state index in [1.54, 1.807) is 37.3 Å². The van der Waals surface area contributed by atoms with Gasteiger partial charge in [0.25, 0.3) is 0 Å². The maximum absolute atomic E-state index is 11.9. The number of carbonyl (C=O) groups excluding carboxylic acids is 1. The molecule has 0 aliphatic heterocycles.